The number of halogens is 2. The molecule has 1 unspecified atom stereocenters. The van der Waals surface area contributed by atoms with E-state index in [9.17, 15) is 9.59 Å². The molecule has 1 atom stereocenters. The number of nitrogens with one attached hydrogen (secondary N) is 2. The molecule has 0 bridgehead atoms. The Bertz CT molecular complexity index is 1100. The van der Waals surface area contributed by atoms with Gasteiger partial charge in [-0.1, -0.05) is 48.3 Å². The van der Waals surface area contributed by atoms with E-state index in [0.717, 1.165) is 10.5 Å². The van der Waals surface area contributed by atoms with Crippen LogP contribution in [-0.4, -0.2) is 17.1 Å². The van der Waals surface area contributed by atoms with Gasteiger partial charge in [-0.3, -0.25) is 9.59 Å². The number of anilines is 2. The topological polar surface area (TPSA) is 58.2 Å². The van der Waals surface area contributed by atoms with Gasteiger partial charge >= 0.3 is 0 Å². The minimum atomic E-state index is -0.294. The highest BCUT2D eigenvalue weighted by Gasteiger charge is 2.19. The van der Waals surface area contributed by atoms with Gasteiger partial charge in [-0.15, -0.1) is 11.8 Å². The molecule has 0 saturated carbocycles. The number of benzene rings is 3. The lowest BCUT2D eigenvalue weighted by molar-refractivity contribution is -0.115. The van der Waals surface area contributed by atoms with Crippen LogP contribution in [0.1, 0.15) is 29.3 Å². The molecule has 0 heterocycles. The minimum absolute atomic E-state index is 0.0915. The number of hydrogen-bond donors (Lipinski definition) is 2. The molecule has 7 heteroatoms. The zero-order valence-electron chi connectivity index (χ0n) is 17.1. The highest BCUT2D eigenvalue weighted by atomic mass is 35.5. The van der Waals surface area contributed by atoms with Crippen molar-refractivity contribution in [2.45, 2.75) is 30.4 Å². The van der Waals surface area contributed by atoms with Gasteiger partial charge in [0.1, 0.15) is 0 Å². The van der Waals surface area contributed by atoms with Crippen molar-refractivity contribution in [1.29, 1.82) is 0 Å². The molecule has 3 aromatic rings. The van der Waals surface area contributed by atoms with Crippen molar-refractivity contribution in [2.24, 2.45) is 0 Å². The molecule has 0 aliphatic rings. The molecule has 160 valence electrons. The fraction of sp³-hybridized carbons (Fsp3) is 0.167. The Morgan fingerprint density at radius 2 is 1.68 bits per heavy atom. The average Bonchev–Trinajstić information content (AvgIpc) is 2.74. The predicted octanol–water partition coefficient (Wildman–Crippen LogP) is 7.06. The van der Waals surface area contributed by atoms with E-state index in [-0.39, 0.29) is 17.1 Å². The summed E-state index contributed by atoms with van der Waals surface area (Å²) in [4.78, 5) is 26.2. The molecule has 0 spiro atoms. The highest BCUT2D eigenvalue weighted by molar-refractivity contribution is 8.00. The molecule has 0 aliphatic carbocycles. The van der Waals surface area contributed by atoms with E-state index in [4.69, 9.17) is 23.2 Å². The zero-order chi connectivity index (χ0) is 22.4. The Hall–Kier alpha value is -2.47. The number of aryl methyl sites for hydroxylation is 1. The number of rotatable bonds is 7. The summed E-state index contributed by atoms with van der Waals surface area (Å²) in [6, 6.07) is 19.6. The quantitative estimate of drug-likeness (QED) is 0.361. The van der Waals surface area contributed by atoms with E-state index in [1.54, 1.807) is 36.4 Å². The first-order valence-electron chi connectivity index (χ1n) is 9.76. The van der Waals surface area contributed by atoms with Gasteiger partial charge in [0.2, 0.25) is 5.91 Å². The van der Waals surface area contributed by atoms with Crippen LogP contribution < -0.4 is 10.6 Å². The normalized spacial score (nSPS) is 11.6. The predicted molar refractivity (Wildman–Crippen MR) is 131 cm³/mol. The van der Waals surface area contributed by atoms with Gasteiger partial charge in [-0.25, -0.2) is 0 Å². The van der Waals surface area contributed by atoms with E-state index < -0.39 is 0 Å². The van der Waals surface area contributed by atoms with Crippen molar-refractivity contribution in [3.8, 4) is 0 Å². The van der Waals surface area contributed by atoms with Crippen LogP contribution in [0, 0.1) is 6.92 Å². The number of thioether (sulfide) groups is 1. The number of amides is 2. The molecule has 0 aromatic heterocycles. The molecule has 2 N–H and O–H groups in total. The summed E-state index contributed by atoms with van der Waals surface area (Å²) >= 11 is 13.5. The largest absolute Gasteiger partial charge is 0.325 e. The molecule has 0 saturated heterocycles. The molecule has 0 aliphatic heterocycles. The lowest BCUT2D eigenvalue weighted by atomic mass is 10.2. The number of carbonyl (C=O) groups excluding carboxylic acids is 2. The molecule has 0 radical (unpaired) electrons. The second-order valence-corrected chi connectivity index (χ2v) is 9.10. The summed E-state index contributed by atoms with van der Waals surface area (Å²) in [5.41, 5.74) is 2.78. The van der Waals surface area contributed by atoms with Crippen LogP contribution in [-0.2, 0) is 4.79 Å². The third kappa shape index (κ3) is 6.50. The Morgan fingerprint density at radius 3 is 2.42 bits per heavy atom. The van der Waals surface area contributed by atoms with Crippen molar-refractivity contribution in [3.05, 3.63) is 87.9 Å². The fourth-order valence-electron chi connectivity index (χ4n) is 2.91. The molecular formula is C24H22Cl2N2O2S. The molecule has 2 amide bonds. The maximum atomic E-state index is 12.8. The van der Waals surface area contributed by atoms with Crippen LogP contribution in [0.5, 0.6) is 0 Å². The monoisotopic (exact) mass is 472 g/mol. The van der Waals surface area contributed by atoms with Gasteiger partial charge < -0.3 is 10.6 Å². The van der Waals surface area contributed by atoms with Gasteiger partial charge in [0.15, 0.2) is 0 Å². The number of carbonyl (C=O) groups is 2. The summed E-state index contributed by atoms with van der Waals surface area (Å²) in [5, 5.41) is 6.63. The first-order chi connectivity index (χ1) is 14.9. The van der Waals surface area contributed by atoms with E-state index in [0.29, 0.717) is 33.4 Å². The number of hydrogen-bond acceptors (Lipinski definition) is 3. The second kappa shape index (κ2) is 10.7. The summed E-state index contributed by atoms with van der Waals surface area (Å²) in [5.74, 6) is -0.336. The smallest absolute Gasteiger partial charge is 0.255 e. The van der Waals surface area contributed by atoms with Crippen molar-refractivity contribution in [3.63, 3.8) is 0 Å². The summed E-state index contributed by atoms with van der Waals surface area (Å²) in [6.45, 7) is 3.89. The Balaban J connectivity index is 1.68. The first kappa shape index (κ1) is 23.2. The molecule has 4 nitrogen and oxygen atoms in total. The third-order valence-electron chi connectivity index (χ3n) is 4.58. The summed E-state index contributed by atoms with van der Waals surface area (Å²) in [7, 11) is 0. The lowest BCUT2D eigenvalue weighted by Gasteiger charge is -2.16. The van der Waals surface area contributed by atoms with Crippen molar-refractivity contribution < 1.29 is 9.59 Å². The van der Waals surface area contributed by atoms with E-state index in [1.807, 2.05) is 44.2 Å². The van der Waals surface area contributed by atoms with Gasteiger partial charge in [0.25, 0.3) is 5.91 Å². The SMILES string of the molecule is CCC(Sc1cccc(NC(=O)c2cccc(Cl)c2)c1)C(=O)Nc1cc(Cl)ccc1C. The molecule has 3 aromatic carbocycles. The summed E-state index contributed by atoms with van der Waals surface area (Å²) < 4.78 is 0. The van der Waals surface area contributed by atoms with Crippen LogP contribution in [0.25, 0.3) is 0 Å². The standard InChI is InChI=1S/C24H22Cl2N2O2S/c1-3-22(24(30)28-21-13-18(26)11-10-15(21)2)31-20-9-5-8-19(14-20)27-23(29)16-6-4-7-17(25)12-16/h4-14,22H,3H2,1-2H3,(H,27,29)(H,28,30). The van der Waals surface area contributed by atoms with E-state index >= 15 is 0 Å². The molecule has 31 heavy (non-hydrogen) atoms. The van der Waals surface area contributed by atoms with Crippen molar-refractivity contribution in [2.75, 3.05) is 10.6 Å². The minimum Gasteiger partial charge on any atom is -0.325 e. The van der Waals surface area contributed by atoms with Gasteiger partial charge in [-0.2, -0.15) is 0 Å². The maximum Gasteiger partial charge on any atom is 0.255 e. The van der Waals surface area contributed by atoms with Crippen LogP contribution in [0.3, 0.4) is 0 Å². The third-order valence-corrected chi connectivity index (χ3v) is 6.41. The lowest BCUT2D eigenvalue weighted by Crippen LogP contribution is -2.25. The van der Waals surface area contributed by atoms with Crippen LogP contribution >= 0.6 is 35.0 Å². The average molecular weight is 473 g/mol. The van der Waals surface area contributed by atoms with Crippen molar-refractivity contribution >= 4 is 58.2 Å². The van der Waals surface area contributed by atoms with Gasteiger partial charge in [0, 0.05) is 31.9 Å². The molecular weight excluding hydrogens is 451 g/mol. The van der Waals surface area contributed by atoms with Crippen LogP contribution in [0.4, 0.5) is 11.4 Å². The Morgan fingerprint density at radius 1 is 0.935 bits per heavy atom. The molecule has 0 fully saturated rings. The van der Waals surface area contributed by atoms with Crippen molar-refractivity contribution in [1.82, 2.24) is 0 Å². The Kier molecular flexibility index (Phi) is 8.02. The molecule has 3 rings (SSSR count). The Labute approximate surface area is 196 Å². The zero-order valence-corrected chi connectivity index (χ0v) is 19.4. The highest BCUT2D eigenvalue weighted by Crippen LogP contribution is 2.29. The van der Waals surface area contributed by atoms with E-state index in [1.165, 1.54) is 11.8 Å². The second-order valence-electron chi connectivity index (χ2n) is 6.96. The van der Waals surface area contributed by atoms with Gasteiger partial charge in [-0.05, 0) is 67.4 Å². The first-order valence-corrected chi connectivity index (χ1v) is 11.4. The van der Waals surface area contributed by atoms with Crippen LogP contribution in [0.2, 0.25) is 10.0 Å². The maximum absolute atomic E-state index is 12.8. The fourth-order valence-corrected chi connectivity index (χ4v) is 4.28. The summed E-state index contributed by atoms with van der Waals surface area (Å²) in [6.07, 6.45) is 0.648. The van der Waals surface area contributed by atoms with Crippen LogP contribution in [0.15, 0.2) is 71.6 Å². The van der Waals surface area contributed by atoms with Gasteiger partial charge in [0.05, 0.1) is 5.25 Å². The van der Waals surface area contributed by atoms with E-state index in [2.05, 4.69) is 10.6 Å².